The van der Waals surface area contributed by atoms with Crippen molar-refractivity contribution < 1.29 is 0 Å². The van der Waals surface area contributed by atoms with Crippen LogP contribution in [0.2, 0.25) is 0 Å². The Balaban J connectivity index is 1.53. The number of fused-ring (bicyclic) bond motifs is 4. The molecule has 35 heavy (non-hydrogen) atoms. The second-order valence-electron chi connectivity index (χ2n) is 9.35. The summed E-state index contributed by atoms with van der Waals surface area (Å²) >= 11 is 0. The van der Waals surface area contributed by atoms with Gasteiger partial charge in [-0.2, -0.15) is 0 Å². The van der Waals surface area contributed by atoms with Crippen molar-refractivity contribution in [3.05, 3.63) is 168 Å². The topological polar surface area (TPSA) is 0 Å². The van der Waals surface area contributed by atoms with E-state index in [2.05, 4.69) is 146 Å². The molecule has 0 atom stereocenters. The van der Waals surface area contributed by atoms with Gasteiger partial charge in [-0.3, -0.25) is 0 Å². The molecule has 0 saturated carbocycles. The maximum absolute atomic E-state index is 2.40. The molecule has 1 aliphatic carbocycles. The van der Waals surface area contributed by atoms with Crippen LogP contribution >= 0.6 is 0 Å². The van der Waals surface area contributed by atoms with E-state index in [4.69, 9.17) is 0 Å². The first kappa shape index (κ1) is 20.0. The van der Waals surface area contributed by atoms with E-state index in [1.54, 1.807) is 0 Å². The molecule has 1 aliphatic rings. The number of hydrogen-bond acceptors (Lipinski definition) is 0. The summed E-state index contributed by atoms with van der Waals surface area (Å²) in [5, 5.41) is 2.54. The van der Waals surface area contributed by atoms with Crippen molar-refractivity contribution in [1.82, 2.24) is 0 Å². The fourth-order valence-electron chi connectivity index (χ4n) is 6.01. The van der Waals surface area contributed by atoms with Crippen molar-refractivity contribution in [3.8, 4) is 22.3 Å². The minimum atomic E-state index is -0.360. The molecule has 0 amide bonds. The Kier molecular flexibility index (Phi) is 4.47. The van der Waals surface area contributed by atoms with Crippen LogP contribution in [0.25, 0.3) is 33.0 Å². The third-order valence-corrected chi connectivity index (χ3v) is 7.54. The fourth-order valence-corrected chi connectivity index (χ4v) is 6.01. The fraction of sp³-hybridized carbons (Fsp3) is 0.0286. The second kappa shape index (κ2) is 7.82. The van der Waals surface area contributed by atoms with Gasteiger partial charge in [-0.15, -0.1) is 0 Å². The van der Waals surface area contributed by atoms with Crippen LogP contribution in [0.1, 0.15) is 22.3 Å². The SMILES string of the molecule is c1ccc(C2(c3cccc(-c4ccc5ccccc5c4)c3)c3ccccc3-c3ccccc32)cc1. The lowest BCUT2D eigenvalue weighted by atomic mass is 9.67. The highest BCUT2D eigenvalue weighted by atomic mass is 14.5. The van der Waals surface area contributed by atoms with Gasteiger partial charge >= 0.3 is 0 Å². The smallest absolute Gasteiger partial charge is 0.0622 e. The van der Waals surface area contributed by atoms with Gasteiger partial charge in [-0.05, 0) is 67.4 Å². The lowest BCUT2D eigenvalue weighted by Crippen LogP contribution is -2.28. The van der Waals surface area contributed by atoms with E-state index >= 15 is 0 Å². The Morgan fingerprint density at radius 2 is 0.914 bits per heavy atom. The quantitative estimate of drug-likeness (QED) is 0.255. The highest BCUT2D eigenvalue weighted by Gasteiger charge is 2.45. The molecule has 6 aromatic carbocycles. The van der Waals surface area contributed by atoms with Crippen LogP contribution in [0.3, 0.4) is 0 Å². The van der Waals surface area contributed by atoms with Gasteiger partial charge in [0.25, 0.3) is 0 Å². The molecule has 0 fully saturated rings. The molecule has 0 aromatic heterocycles. The van der Waals surface area contributed by atoms with Crippen molar-refractivity contribution in [1.29, 1.82) is 0 Å². The van der Waals surface area contributed by atoms with Crippen molar-refractivity contribution in [2.24, 2.45) is 0 Å². The van der Waals surface area contributed by atoms with Crippen LogP contribution in [-0.2, 0) is 5.41 Å². The minimum absolute atomic E-state index is 0.360. The van der Waals surface area contributed by atoms with E-state index in [0.717, 1.165) is 0 Å². The molecule has 0 N–H and O–H groups in total. The molecule has 0 spiro atoms. The Labute approximate surface area is 206 Å². The second-order valence-corrected chi connectivity index (χ2v) is 9.35. The predicted molar refractivity (Wildman–Crippen MR) is 147 cm³/mol. The average Bonchev–Trinajstić information content (AvgIpc) is 3.25. The molecule has 0 heteroatoms. The molecule has 0 saturated heterocycles. The van der Waals surface area contributed by atoms with Crippen molar-refractivity contribution in [2.75, 3.05) is 0 Å². The Hall–Kier alpha value is -4.42. The summed E-state index contributed by atoms with van der Waals surface area (Å²) in [7, 11) is 0. The van der Waals surface area contributed by atoms with Gasteiger partial charge < -0.3 is 0 Å². The third kappa shape index (κ3) is 2.93. The maximum Gasteiger partial charge on any atom is 0.0713 e. The van der Waals surface area contributed by atoms with Crippen molar-refractivity contribution in [3.63, 3.8) is 0 Å². The summed E-state index contributed by atoms with van der Waals surface area (Å²) in [5.41, 5.74) is 10.1. The van der Waals surface area contributed by atoms with Gasteiger partial charge in [-0.25, -0.2) is 0 Å². The number of rotatable bonds is 3. The Bertz CT molecular complexity index is 1650. The standard InChI is InChI=1S/C35H24/c1-2-14-29(15-3-1)35(33-19-8-6-17-31(33)32-18-7-9-20-34(32)35)30-16-10-13-27(24-30)28-22-21-25-11-4-5-12-26(25)23-28/h1-24H. The zero-order valence-corrected chi connectivity index (χ0v) is 19.4. The van der Waals surface area contributed by atoms with Gasteiger partial charge in [0.1, 0.15) is 0 Å². The van der Waals surface area contributed by atoms with E-state index in [-0.39, 0.29) is 5.41 Å². The molecule has 6 aromatic rings. The highest BCUT2D eigenvalue weighted by Crippen LogP contribution is 2.56. The predicted octanol–water partition coefficient (Wildman–Crippen LogP) is 8.87. The molecule has 164 valence electrons. The Morgan fingerprint density at radius 1 is 0.343 bits per heavy atom. The van der Waals surface area contributed by atoms with Crippen molar-refractivity contribution >= 4 is 10.8 Å². The van der Waals surface area contributed by atoms with E-state index < -0.39 is 0 Å². The molecule has 7 rings (SSSR count). The number of benzene rings is 6. The lowest BCUT2D eigenvalue weighted by molar-refractivity contribution is 0.769. The maximum atomic E-state index is 2.40. The number of hydrogen-bond donors (Lipinski definition) is 0. The minimum Gasteiger partial charge on any atom is -0.0622 e. The summed E-state index contributed by atoms with van der Waals surface area (Å²) < 4.78 is 0. The van der Waals surface area contributed by atoms with E-state index in [0.29, 0.717) is 0 Å². The molecule has 0 bridgehead atoms. The summed E-state index contributed by atoms with van der Waals surface area (Å²) in [5.74, 6) is 0. The van der Waals surface area contributed by atoms with Crippen LogP contribution < -0.4 is 0 Å². The molecular formula is C35H24. The summed E-state index contributed by atoms with van der Waals surface area (Å²) in [6.07, 6.45) is 0. The third-order valence-electron chi connectivity index (χ3n) is 7.54. The lowest BCUT2D eigenvalue weighted by Gasteiger charge is -2.34. The van der Waals surface area contributed by atoms with Crippen LogP contribution in [0.15, 0.2) is 146 Å². The first-order valence-corrected chi connectivity index (χ1v) is 12.2. The first-order chi connectivity index (χ1) is 17.4. The highest BCUT2D eigenvalue weighted by molar-refractivity contribution is 5.89. The average molecular weight is 445 g/mol. The summed E-state index contributed by atoms with van der Waals surface area (Å²) in [6.45, 7) is 0. The summed E-state index contributed by atoms with van der Waals surface area (Å²) in [6, 6.07) is 53.3. The molecule has 0 nitrogen and oxygen atoms in total. The van der Waals surface area contributed by atoms with Gasteiger partial charge in [-0.1, -0.05) is 133 Å². The van der Waals surface area contributed by atoms with Gasteiger partial charge in [0.05, 0.1) is 5.41 Å². The van der Waals surface area contributed by atoms with E-state index in [1.165, 1.54) is 55.3 Å². The van der Waals surface area contributed by atoms with Gasteiger partial charge in [0.2, 0.25) is 0 Å². The normalized spacial score (nSPS) is 13.4. The summed E-state index contributed by atoms with van der Waals surface area (Å²) in [4.78, 5) is 0. The zero-order valence-electron chi connectivity index (χ0n) is 19.4. The van der Waals surface area contributed by atoms with E-state index in [9.17, 15) is 0 Å². The monoisotopic (exact) mass is 444 g/mol. The van der Waals surface area contributed by atoms with Crippen LogP contribution in [0.4, 0.5) is 0 Å². The zero-order chi connectivity index (χ0) is 23.2. The van der Waals surface area contributed by atoms with Crippen LogP contribution in [-0.4, -0.2) is 0 Å². The van der Waals surface area contributed by atoms with Gasteiger partial charge in [0.15, 0.2) is 0 Å². The van der Waals surface area contributed by atoms with Gasteiger partial charge in [0, 0.05) is 0 Å². The molecule has 0 aliphatic heterocycles. The largest absolute Gasteiger partial charge is 0.0713 e. The first-order valence-electron chi connectivity index (χ1n) is 12.2. The van der Waals surface area contributed by atoms with Crippen LogP contribution in [0, 0.1) is 0 Å². The van der Waals surface area contributed by atoms with Crippen molar-refractivity contribution in [2.45, 2.75) is 5.41 Å². The van der Waals surface area contributed by atoms with E-state index in [1.807, 2.05) is 0 Å². The molecule has 0 heterocycles. The Morgan fingerprint density at radius 3 is 1.66 bits per heavy atom. The molecule has 0 radical (unpaired) electrons. The van der Waals surface area contributed by atoms with Crippen LogP contribution in [0.5, 0.6) is 0 Å². The molecule has 0 unspecified atom stereocenters. The molecular weight excluding hydrogens is 420 g/mol.